The van der Waals surface area contributed by atoms with E-state index in [0.29, 0.717) is 23.6 Å². The predicted octanol–water partition coefficient (Wildman–Crippen LogP) is 2.24. The van der Waals surface area contributed by atoms with Gasteiger partial charge in [-0.1, -0.05) is 11.6 Å². The summed E-state index contributed by atoms with van der Waals surface area (Å²) >= 11 is 11.8. The number of rotatable bonds is 6. The SMILES string of the molecule is CC(C)OCCNCc1c(Cl)nc(Cl)n1C. The molecule has 16 heavy (non-hydrogen) atoms. The largest absolute Gasteiger partial charge is 0.377 e. The van der Waals surface area contributed by atoms with Crippen LogP contribution in [0.2, 0.25) is 10.4 Å². The van der Waals surface area contributed by atoms with Crippen LogP contribution in [0.1, 0.15) is 19.5 Å². The van der Waals surface area contributed by atoms with Gasteiger partial charge in [-0.15, -0.1) is 0 Å². The van der Waals surface area contributed by atoms with E-state index in [2.05, 4.69) is 10.3 Å². The second-order valence-corrected chi connectivity index (χ2v) is 4.47. The first-order valence-electron chi connectivity index (χ1n) is 5.21. The minimum absolute atomic E-state index is 0.261. The molecule has 92 valence electrons. The monoisotopic (exact) mass is 265 g/mol. The summed E-state index contributed by atoms with van der Waals surface area (Å²) in [5.41, 5.74) is 0.885. The standard InChI is InChI=1S/C10H17Cl2N3O/c1-7(2)16-5-4-13-6-8-9(11)14-10(12)15(8)3/h7,13H,4-6H2,1-3H3. The van der Waals surface area contributed by atoms with Gasteiger partial charge in [0.1, 0.15) is 0 Å². The summed E-state index contributed by atoms with van der Waals surface area (Å²) in [6.45, 7) is 6.12. The van der Waals surface area contributed by atoms with Gasteiger partial charge in [-0.05, 0) is 25.4 Å². The first kappa shape index (κ1) is 13.8. The number of ether oxygens (including phenoxy) is 1. The van der Waals surface area contributed by atoms with Crippen molar-refractivity contribution < 1.29 is 4.74 Å². The van der Waals surface area contributed by atoms with Crippen molar-refractivity contribution in [1.29, 1.82) is 0 Å². The number of hydrogen-bond donors (Lipinski definition) is 1. The molecule has 1 heterocycles. The van der Waals surface area contributed by atoms with Crippen LogP contribution in [0.3, 0.4) is 0 Å². The van der Waals surface area contributed by atoms with Gasteiger partial charge < -0.3 is 14.6 Å². The molecular formula is C10H17Cl2N3O. The molecule has 1 aromatic heterocycles. The van der Waals surface area contributed by atoms with Crippen LogP contribution in [0.5, 0.6) is 0 Å². The van der Waals surface area contributed by atoms with E-state index in [9.17, 15) is 0 Å². The van der Waals surface area contributed by atoms with E-state index in [1.807, 2.05) is 20.9 Å². The summed E-state index contributed by atoms with van der Waals surface area (Å²) in [6, 6.07) is 0. The summed E-state index contributed by atoms with van der Waals surface area (Å²) in [6.07, 6.45) is 0.261. The molecule has 0 aromatic carbocycles. The topological polar surface area (TPSA) is 39.1 Å². The molecule has 0 amide bonds. The molecule has 0 unspecified atom stereocenters. The van der Waals surface area contributed by atoms with Crippen LogP contribution in [0.15, 0.2) is 0 Å². The van der Waals surface area contributed by atoms with Crippen LogP contribution in [-0.4, -0.2) is 28.8 Å². The molecule has 0 atom stereocenters. The lowest BCUT2D eigenvalue weighted by molar-refractivity contribution is 0.0806. The van der Waals surface area contributed by atoms with Gasteiger partial charge in [0, 0.05) is 20.1 Å². The Morgan fingerprint density at radius 1 is 1.44 bits per heavy atom. The minimum Gasteiger partial charge on any atom is -0.377 e. The average molecular weight is 266 g/mol. The van der Waals surface area contributed by atoms with Crippen LogP contribution in [0.4, 0.5) is 0 Å². The number of aromatic nitrogens is 2. The highest BCUT2D eigenvalue weighted by atomic mass is 35.5. The fraction of sp³-hybridized carbons (Fsp3) is 0.700. The Balaban J connectivity index is 2.32. The van der Waals surface area contributed by atoms with Crippen molar-refractivity contribution >= 4 is 23.2 Å². The van der Waals surface area contributed by atoms with Gasteiger partial charge >= 0.3 is 0 Å². The first-order chi connectivity index (χ1) is 7.52. The molecule has 6 heteroatoms. The molecule has 0 fully saturated rings. The van der Waals surface area contributed by atoms with E-state index in [4.69, 9.17) is 27.9 Å². The smallest absolute Gasteiger partial charge is 0.204 e. The van der Waals surface area contributed by atoms with Crippen LogP contribution >= 0.6 is 23.2 Å². The van der Waals surface area contributed by atoms with E-state index in [-0.39, 0.29) is 6.10 Å². The summed E-state index contributed by atoms with van der Waals surface area (Å²) < 4.78 is 7.17. The summed E-state index contributed by atoms with van der Waals surface area (Å²) in [4.78, 5) is 3.96. The maximum absolute atomic E-state index is 5.93. The Morgan fingerprint density at radius 2 is 2.12 bits per heavy atom. The number of nitrogens with zero attached hydrogens (tertiary/aromatic N) is 2. The fourth-order valence-electron chi connectivity index (χ4n) is 1.24. The number of halogens is 2. The normalized spacial score (nSPS) is 11.4. The van der Waals surface area contributed by atoms with E-state index in [1.165, 1.54) is 0 Å². The van der Waals surface area contributed by atoms with Crippen molar-refractivity contribution in [2.75, 3.05) is 13.2 Å². The molecule has 4 nitrogen and oxygen atoms in total. The third-order valence-electron chi connectivity index (χ3n) is 2.13. The molecule has 0 aliphatic heterocycles. The highest BCUT2D eigenvalue weighted by Crippen LogP contribution is 2.18. The summed E-state index contributed by atoms with van der Waals surface area (Å²) in [5, 5.41) is 4.07. The van der Waals surface area contributed by atoms with Crippen molar-refractivity contribution in [3.8, 4) is 0 Å². The van der Waals surface area contributed by atoms with Crippen molar-refractivity contribution in [1.82, 2.24) is 14.9 Å². The first-order valence-corrected chi connectivity index (χ1v) is 5.97. The minimum atomic E-state index is 0.261. The molecule has 0 saturated heterocycles. The molecule has 1 rings (SSSR count). The molecule has 0 saturated carbocycles. The molecule has 1 N–H and O–H groups in total. The lowest BCUT2D eigenvalue weighted by Gasteiger charge is -2.09. The maximum atomic E-state index is 5.93. The lowest BCUT2D eigenvalue weighted by Crippen LogP contribution is -2.22. The summed E-state index contributed by atoms with van der Waals surface area (Å²) in [7, 11) is 1.84. The van der Waals surface area contributed by atoms with Crippen LogP contribution in [-0.2, 0) is 18.3 Å². The average Bonchev–Trinajstić information content (AvgIpc) is 2.43. The Labute approximate surface area is 106 Å². The molecule has 0 aliphatic carbocycles. The van der Waals surface area contributed by atoms with Gasteiger partial charge in [0.25, 0.3) is 0 Å². The summed E-state index contributed by atoms with van der Waals surface area (Å²) in [5.74, 6) is 0. The quantitative estimate of drug-likeness (QED) is 0.802. The van der Waals surface area contributed by atoms with Crippen molar-refractivity contribution in [3.63, 3.8) is 0 Å². The molecule has 0 aliphatic rings. The van der Waals surface area contributed by atoms with Crippen molar-refractivity contribution in [2.45, 2.75) is 26.5 Å². The Morgan fingerprint density at radius 3 is 2.62 bits per heavy atom. The molecular weight excluding hydrogens is 249 g/mol. The predicted molar refractivity (Wildman–Crippen MR) is 66.0 cm³/mol. The lowest BCUT2D eigenvalue weighted by atomic mass is 10.4. The molecule has 0 radical (unpaired) electrons. The highest BCUT2D eigenvalue weighted by Gasteiger charge is 2.10. The van der Waals surface area contributed by atoms with E-state index < -0.39 is 0 Å². The fourth-order valence-corrected chi connectivity index (χ4v) is 1.74. The Hall–Kier alpha value is -0.290. The number of hydrogen-bond acceptors (Lipinski definition) is 3. The van der Waals surface area contributed by atoms with E-state index in [0.717, 1.165) is 12.2 Å². The maximum Gasteiger partial charge on any atom is 0.204 e. The van der Waals surface area contributed by atoms with Crippen molar-refractivity contribution in [3.05, 3.63) is 16.1 Å². The van der Waals surface area contributed by atoms with Gasteiger partial charge in [-0.2, -0.15) is 0 Å². The second kappa shape index (κ2) is 6.45. The zero-order chi connectivity index (χ0) is 12.1. The molecule has 0 spiro atoms. The Kier molecular flexibility index (Phi) is 5.55. The van der Waals surface area contributed by atoms with Crippen molar-refractivity contribution in [2.24, 2.45) is 7.05 Å². The highest BCUT2D eigenvalue weighted by molar-refractivity contribution is 6.32. The van der Waals surface area contributed by atoms with Gasteiger partial charge in [-0.3, -0.25) is 0 Å². The molecule has 0 bridgehead atoms. The van der Waals surface area contributed by atoms with Crippen LogP contribution < -0.4 is 5.32 Å². The van der Waals surface area contributed by atoms with Crippen LogP contribution in [0.25, 0.3) is 0 Å². The third kappa shape index (κ3) is 3.94. The van der Waals surface area contributed by atoms with Crippen LogP contribution in [0, 0.1) is 0 Å². The Bertz CT molecular complexity index is 339. The number of nitrogens with one attached hydrogen (secondary N) is 1. The van der Waals surface area contributed by atoms with Gasteiger partial charge in [0.05, 0.1) is 18.4 Å². The van der Waals surface area contributed by atoms with E-state index in [1.54, 1.807) is 4.57 Å². The van der Waals surface area contributed by atoms with Gasteiger partial charge in [0.15, 0.2) is 5.15 Å². The van der Waals surface area contributed by atoms with E-state index >= 15 is 0 Å². The molecule has 1 aromatic rings. The van der Waals surface area contributed by atoms with Gasteiger partial charge in [0.2, 0.25) is 5.28 Å². The third-order valence-corrected chi connectivity index (χ3v) is 2.77. The zero-order valence-corrected chi connectivity index (χ0v) is 11.3. The second-order valence-electron chi connectivity index (χ2n) is 3.77. The zero-order valence-electron chi connectivity index (χ0n) is 9.76. The van der Waals surface area contributed by atoms with Gasteiger partial charge in [-0.25, -0.2) is 4.98 Å². The number of imidazole rings is 1.